The number of amides is 1. The Kier molecular flexibility index (Phi) is 1.82. The number of nitrogens with zero attached hydrogens (tertiary/aromatic N) is 2. The van der Waals surface area contributed by atoms with Crippen LogP contribution in [-0.4, -0.2) is 23.7 Å². The van der Waals surface area contributed by atoms with Crippen LogP contribution in [0.1, 0.15) is 19.8 Å². The lowest BCUT2D eigenvalue weighted by atomic mass is 10.3. The van der Waals surface area contributed by atoms with Gasteiger partial charge in [-0.25, -0.2) is 5.01 Å². The van der Waals surface area contributed by atoms with E-state index in [1.54, 1.807) is 6.21 Å². The van der Waals surface area contributed by atoms with E-state index in [1.807, 2.05) is 0 Å². The molecule has 1 rings (SSSR count). The van der Waals surface area contributed by atoms with Gasteiger partial charge in [-0.3, -0.25) is 4.79 Å². The molecule has 3 heteroatoms. The first kappa shape index (κ1) is 6.26. The van der Waals surface area contributed by atoms with Gasteiger partial charge in [0.1, 0.15) is 0 Å². The Labute approximate surface area is 54.3 Å². The van der Waals surface area contributed by atoms with E-state index in [0.29, 0.717) is 0 Å². The summed E-state index contributed by atoms with van der Waals surface area (Å²) in [4.78, 5) is 10.6. The highest BCUT2D eigenvalue weighted by atomic mass is 16.2. The third kappa shape index (κ3) is 1.52. The minimum absolute atomic E-state index is 0.0333. The molecule has 0 radical (unpaired) electrons. The maximum absolute atomic E-state index is 10.6. The average Bonchev–Trinajstić information content (AvgIpc) is 1.90. The summed E-state index contributed by atoms with van der Waals surface area (Å²) in [5.74, 6) is 0.0333. The molecular formula is C6H10N2O. The molecule has 0 bridgehead atoms. The Morgan fingerprint density at radius 1 is 1.78 bits per heavy atom. The van der Waals surface area contributed by atoms with Crippen LogP contribution in [0.5, 0.6) is 0 Å². The second-order valence-electron chi connectivity index (χ2n) is 2.08. The van der Waals surface area contributed by atoms with E-state index >= 15 is 0 Å². The summed E-state index contributed by atoms with van der Waals surface area (Å²) in [5, 5.41) is 5.38. The molecule has 0 spiro atoms. The maximum atomic E-state index is 10.6. The zero-order valence-electron chi connectivity index (χ0n) is 5.50. The molecule has 0 aliphatic carbocycles. The highest BCUT2D eigenvalue weighted by Crippen LogP contribution is 2.00. The lowest BCUT2D eigenvalue weighted by Gasteiger charge is -2.17. The van der Waals surface area contributed by atoms with Gasteiger partial charge in [-0.1, -0.05) is 0 Å². The van der Waals surface area contributed by atoms with Crippen molar-refractivity contribution in [1.82, 2.24) is 5.01 Å². The Hall–Kier alpha value is -0.860. The summed E-state index contributed by atoms with van der Waals surface area (Å²) < 4.78 is 0. The fourth-order valence-electron chi connectivity index (χ4n) is 0.785. The number of carbonyl (C=O) groups excluding carboxylic acids is 1. The minimum atomic E-state index is 0.0333. The van der Waals surface area contributed by atoms with Crippen LogP contribution >= 0.6 is 0 Å². The highest BCUT2D eigenvalue weighted by molar-refractivity contribution is 5.74. The second kappa shape index (κ2) is 2.62. The van der Waals surface area contributed by atoms with Crippen LogP contribution in [0.3, 0.4) is 0 Å². The van der Waals surface area contributed by atoms with Crippen molar-refractivity contribution >= 4 is 12.1 Å². The summed E-state index contributed by atoms with van der Waals surface area (Å²) in [6.45, 7) is 2.31. The molecular weight excluding hydrogens is 116 g/mol. The zero-order valence-corrected chi connectivity index (χ0v) is 5.50. The first-order valence-electron chi connectivity index (χ1n) is 3.11. The minimum Gasteiger partial charge on any atom is -0.273 e. The molecule has 0 atom stereocenters. The predicted octanol–water partition coefficient (Wildman–Crippen LogP) is 0.615. The van der Waals surface area contributed by atoms with Crippen molar-refractivity contribution < 1.29 is 4.79 Å². The molecule has 1 aliphatic rings. The molecule has 1 heterocycles. The molecule has 0 aromatic heterocycles. The fourth-order valence-corrected chi connectivity index (χ4v) is 0.785. The van der Waals surface area contributed by atoms with Gasteiger partial charge in [0.15, 0.2) is 0 Å². The van der Waals surface area contributed by atoms with Gasteiger partial charge in [0.2, 0.25) is 5.91 Å². The van der Waals surface area contributed by atoms with Gasteiger partial charge in [0.25, 0.3) is 0 Å². The van der Waals surface area contributed by atoms with Crippen LogP contribution in [0.2, 0.25) is 0 Å². The maximum Gasteiger partial charge on any atom is 0.239 e. The monoisotopic (exact) mass is 126 g/mol. The zero-order chi connectivity index (χ0) is 6.69. The van der Waals surface area contributed by atoms with Crippen molar-refractivity contribution in [2.45, 2.75) is 19.8 Å². The molecule has 0 saturated carbocycles. The summed E-state index contributed by atoms with van der Waals surface area (Å²) in [6, 6.07) is 0. The molecule has 1 aliphatic heterocycles. The van der Waals surface area contributed by atoms with E-state index in [9.17, 15) is 4.79 Å². The standard InChI is InChI=1S/C6H10N2O/c1-6(9)8-5-3-2-4-7-8/h4H,2-3,5H2,1H3. The Morgan fingerprint density at radius 2 is 2.56 bits per heavy atom. The Bertz CT molecular complexity index is 142. The van der Waals surface area contributed by atoms with Crippen molar-refractivity contribution in [1.29, 1.82) is 0 Å². The van der Waals surface area contributed by atoms with Crippen molar-refractivity contribution in [3.8, 4) is 0 Å². The molecule has 3 nitrogen and oxygen atoms in total. The molecule has 9 heavy (non-hydrogen) atoms. The number of carbonyl (C=O) groups is 1. The second-order valence-corrected chi connectivity index (χ2v) is 2.08. The predicted molar refractivity (Wildman–Crippen MR) is 35.1 cm³/mol. The van der Waals surface area contributed by atoms with Gasteiger partial charge in [-0.05, 0) is 12.8 Å². The van der Waals surface area contributed by atoms with E-state index in [2.05, 4.69) is 5.10 Å². The van der Waals surface area contributed by atoms with E-state index in [4.69, 9.17) is 0 Å². The first-order chi connectivity index (χ1) is 4.30. The van der Waals surface area contributed by atoms with Crippen LogP contribution in [0.25, 0.3) is 0 Å². The first-order valence-corrected chi connectivity index (χ1v) is 3.11. The van der Waals surface area contributed by atoms with Crippen LogP contribution < -0.4 is 0 Å². The Morgan fingerprint density at radius 3 is 2.89 bits per heavy atom. The summed E-state index contributed by atoms with van der Waals surface area (Å²) in [5.41, 5.74) is 0. The van der Waals surface area contributed by atoms with Crippen LogP contribution in [-0.2, 0) is 4.79 Å². The molecule has 0 fully saturated rings. The van der Waals surface area contributed by atoms with Gasteiger partial charge < -0.3 is 0 Å². The number of hydrogen-bond donors (Lipinski definition) is 0. The number of hydrazone groups is 1. The van der Waals surface area contributed by atoms with Gasteiger partial charge in [0, 0.05) is 19.7 Å². The van der Waals surface area contributed by atoms with Crippen LogP contribution in [0.4, 0.5) is 0 Å². The van der Waals surface area contributed by atoms with Crippen LogP contribution in [0.15, 0.2) is 5.10 Å². The SMILES string of the molecule is CC(=O)N1CCCC=N1. The number of hydrogen-bond acceptors (Lipinski definition) is 2. The average molecular weight is 126 g/mol. The van der Waals surface area contributed by atoms with E-state index in [-0.39, 0.29) is 5.91 Å². The molecule has 0 saturated heterocycles. The van der Waals surface area contributed by atoms with Gasteiger partial charge in [0.05, 0.1) is 0 Å². The summed E-state index contributed by atoms with van der Waals surface area (Å²) >= 11 is 0. The highest BCUT2D eigenvalue weighted by Gasteiger charge is 2.07. The molecule has 0 unspecified atom stereocenters. The Balaban J connectivity index is 2.50. The van der Waals surface area contributed by atoms with Crippen molar-refractivity contribution in [2.24, 2.45) is 5.10 Å². The third-order valence-electron chi connectivity index (χ3n) is 1.29. The molecule has 1 amide bonds. The lowest BCUT2D eigenvalue weighted by Crippen LogP contribution is -2.26. The largest absolute Gasteiger partial charge is 0.273 e. The fraction of sp³-hybridized carbons (Fsp3) is 0.667. The normalized spacial score (nSPS) is 18.1. The lowest BCUT2D eigenvalue weighted by molar-refractivity contribution is -0.129. The number of rotatable bonds is 0. The molecule has 0 aromatic carbocycles. The van der Waals surface area contributed by atoms with Crippen LogP contribution in [0, 0.1) is 0 Å². The molecule has 0 aromatic rings. The third-order valence-corrected chi connectivity index (χ3v) is 1.29. The van der Waals surface area contributed by atoms with Crippen molar-refractivity contribution in [3.05, 3.63) is 0 Å². The molecule has 0 N–H and O–H groups in total. The van der Waals surface area contributed by atoms with Crippen molar-refractivity contribution in [2.75, 3.05) is 6.54 Å². The van der Waals surface area contributed by atoms with Gasteiger partial charge in [-0.15, -0.1) is 0 Å². The molecule has 50 valence electrons. The summed E-state index contributed by atoms with van der Waals surface area (Å²) in [7, 11) is 0. The van der Waals surface area contributed by atoms with E-state index in [0.717, 1.165) is 19.4 Å². The topological polar surface area (TPSA) is 32.7 Å². The van der Waals surface area contributed by atoms with Gasteiger partial charge in [-0.2, -0.15) is 5.10 Å². The van der Waals surface area contributed by atoms with Crippen molar-refractivity contribution in [3.63, 3.8) is 0 Å². The van der Waals surface area contributed by atoms with Gasteiger partial charge >= 0.3 is 0 Å². The van der Waals surface area contributed by atoms with E-state index in [1.165, 1.54) is 11.9 Å². The van der Waals surface area contributed by atoms with E-state index < -0.39 is 0 Å². The quantitative estimate of drug-likeness (QED) is 0.468. The smallest absolute Gasteiger partial charge is 0.239 e. The summed E-state index contributed by atoms with van der Waals surface area (Å²) in [6.07, 6.45) is 3.83.